The van der Waals surface area contributed by atoms with Crippen molar-refractivity contribution in [2.24, 2.45) is 5.73 Å². The summed E-state index contributed by atoms with van der Waals surface area (Å²) in [7, 11) is 0. The lowest BCUT2D eigenvalue weighted by molar-refractivity contribution is 0.426. The fourth-order valence-electron chi connectivity index (χ4n) is 3.38. The third kappa shape index (κ3) is 3.53. The first-order valence-electron chi connectivity index (χ1n) is 8.15. The van der Waals surface area contributed by atoms with Gasteiger partial charge in [0.25, 0.3) is 0 Å². The van der Waals surface area contributed by atoms with E-state index in [1.165, 1.54) is 48.9 Å². The molecule has 3 rings (SSSR count). The Bertz CT molecular complexity index is 550. The van der Waals surface area contributed by atoms with Gasteiger partial charge in [-0.2, -0.15) is 0 Å². The van der Waals surface area contributed by atoms with E-state index in [2.05, 4.69) is 40.0 Å². The molecule has 0 aliphatic heterocycles. The predicted octanol–water partition coefficient (Wildman–Crippen LogP) is 3.48. The van der Waals surface area contributed by atoms with Gasteiger partial charge in [0.2, 0.25) is 0 Å². The minimum Gasteiger partial charge on any atom is -0.330 e. The van der Waals surface area contributed by atoms with Gasteiger partial charge in [0.1, 0.15) is 0 Å². The van der Waals surface area contributed by atoms with Crippen LogP contribution in [0.2, 0.25) is 0 Å². The lowest BCUT2D eigenvalue weighted by Crippen LogP contribution is -2.11. The van der Waals surface area contributed by atoms with Crippen molar-refractivity contribution in [3.05, 3.63) is 53.6 Å². The van der Waals surface area contributed by atoms with Gasteiger partial charge in [-0.15, -0.1) is 0 Å². The molecule has 0 spiro atoms. The van der Waals surface area contributed by atoms with Crippen LogP contribution in [0.15, 0.2) is 36.8 Å². The first kappa shape index (κ1) is 14.3. The van der Waals surface area contributed by atoms with Crippen LogP contribution in [0.25, 0.3) is 0 Å². The van der Waals surface area contributed by atoms with Crippen LogP contribution in [-0.4, -0.2) is 16.1 Å². The van der Waals surface area contributed by atoms with Gasteiger partial charge < -0.3 is 10.3 Å². The second-order valence-electron chi connectivity index (χ2n) is 6.14. The maximum absolute atomic E-state index is 5.60. The number of aromatic nitrogens is 2. The zero-order valence-corrected chi connectivity index (χ0v) is 12.7. The van der Waals surface area contributed by atoms with Gasteiger partial charge in [0.05, 0.1) is 6.33 Å². The molecule has 21 heavy (non-hydrogen) atoms. The minimum atomic E-state index is 0.706. The highest BCUT2D eigenvalue weighted by molar-refractivity contribution is 5.24. The molecule has 2 N–H and O–H groups in total. The van der Waals surface area contributed by atoms with Crippen LogP contribution >= 0.6 is 0 Å². The fourth-order valence-corrected chi connectivity index (χ4v) is 3.38. The van der Waals surface area contributed by atoms with E-state index in [9.17, 15) is 0 Å². The Labute approximate surface area is 127 Å². The number of nitrogens with two attached hydrogens (primary N) is 1. The average Bonchev–Trinajstić information content (AvgIpc) is 2.98. The molecule has 0 bridgehead atoms. The molecule has 3 nitrogen and oxygen atoms in total. The molecular weight excluding hydrogens is 258 g/mol. The summed E-state index contributed by atoms with van der Waals surface area (Å²) in [5.74, 6) is 0.706. The molecule has 1 fully saturated rings. The third-order valence-electron chi connectivity index (χ3n) is 4.58. The summed E-state index contributed by atoms with van der Waals surface area (Å²) < 4.78 is 2.33. The molecule has 1 aromatic heterocycles. The van der Waals surface area contributed by atoms with Crippen molar-refractivity contribution in [2.45, 2.75) is 51.0 Å². The Morgan fingerprint density at radius 2 is 1.76 bits per heavy atom. The van der Waals surface area contributed by atoms with Crippen LogP contribution in [0.4, 0.5) is 0 Å². The van der Waals surface area contributed by atoms with Gasteiger partial charge >= 0.3 is 0 Å². The maximum atomic E-state index is 5.60. The number of nitrogens with zero attached hydrogens (tertiary/aromatic N) is 2. The van der Waals surface area contributed by atoms with E-state index < -0.39 is 0 Å². The van der Waals surface area contributed by atoms with Crippen molar-refractivity contribution in [2.75, 3.05) is 6.54 Å². The van der Waals surface area contributed by atoms with E-state index in [-0.39, 0.29) is 0 Å². The largest absolute Gasteiger partial charge is 0.330 e. The summed E-state index contributed by atoms with van der Waals surface area (Å²) in [5.41, 5.74) is 9.67. The molecule has 1 heterocycles. The van der Waals surface area contributed by atoms with E-state index in [1.54, 1.807) is 0 Å². The first-order chi connectivity index (χ1) is 10.4. The zero-order chi connectivity index (χ0) is 14.5. The van der Waals surface area contributed by atoms with Crippen molar-refractivity contribution in [1.29, 1.82) is 0 Å². The van der Waals surface area contributed by atoms with Crippen molar-refractivity contribution in [3.8, 4) is 0 Å². The standard InChI is InChI=1S/C18H25N3/c19-11-10-15-6-8-16(9-7-15)13-21-14-20-12-18(21)17-4-2-1-3-5-17/h6-9,12,14,17H,1-5,10-11,13,19H2. The summed E-state index contributed by atoms with van der Waals surface area (Å²) >= 11 is 0. The Balaban J connectivity index is 1.71. The molecule has 1 saturated carbocycles. The van der Waals surface area contributed by atoms with E-state index in [0.29, 0.717) is 12.5 Å². The average molecular weight is 283 g/mol. The first-order valence-corrected chi connectivity index (χ1v) is 8.15. The number of imidazole rings is 1. The SMILES string of the molecule is NCCc1ccc(Cn2cncc2C2CCCCC2)cc1. The highest BCUT2D eigenvalue weighted by atomic mass is 15.0. The van der Waals surface area contributed by atoms with E-state index in [1.807, 2.05) is 6.33 Å². The number of benzene rings is 1. The van der Waals surface area contributed by atoms with Gasteiger partial charge in [0, 0.05) is 24.4 Å². The second-order valence-corrected chi connectivity index (χ2v) is 6.14. The van der Waals surface area contributed by atoms with Gasteiger partial charge in [-0.1, -0.05) is 43.5 Å². The Hall–Kier alpha value is -1.61. The van der Waals surface area contributed by atoms with E-state index in [0.717, 1.165) is 13.0 Å². The fraction of sp³-hybridized carbons (Fsp3) is 0.500. The summed E-state index contributed by atoms with van der Waals surface area (Å²) in [5, 5.41) is 0. The Kier molecular flexibility index (Phi) is 4.71. The van der Waals surface area contributed by atoms with Crippen molar-refractivity contribution < 1.29 is 0 Å². The van der Waals surface area contributed by atoms with Crippen LogP contribution in [0.3, 0.4) is 0 Å². The molecule has 0 amide bonds. The summed E-state index contributed by atoms with van der Waals surface area (Å²) in [4.78, 5) is 4.39. The van der Waals surface area contributed by atoms with Gasteiger partial charge in [0.15, 0.2) is 0 Å². The van der Waals surface area contributed by atoms with Gasteiger partial charge in [-0.05, 0) is 36.9 Å². The third-order valence-corrected chi connectivity index (χ3v) is 4.58. The van der Waals surface area contributed by atoms with Crippen LogP contribution in [0.5, 0.6) is 0 Å². The molecular formula is C18H25N3. The molecule has 0 atom stereocenters. The van der Waals surface area contributed by atoms with Crippen LogP contribution in [0.1, 0.15) is 54.8 Å². The summed E-state index contributed by atoms with van der Waals surface area (Å²) in [6.45, 7) is 1.64. The molecule has 0 saturated heterocycles. The lowest BCUT2D eigenvalue weighted by Gasteiger charge is -2.22. The topological polar surface area (TPSA) is 43.8 Å². The monoisotopic (exact) mass is 283 g/mol. The molecule has 1 aliphatic rings. The summed E-state index contributed by atoms with van der Waals surface area (Å²) in [6.07, 6.45) is 11.8. The predicted molar refractivity (Wildman–Crippen MR) is 86.4 cm³/mol. The maximum Gasteiger partial charge on any atom is 0.0951 e. The molecule has 1 aliphatic carbocycles. The number of hydrogen-bond donors (Lipinski definition) is 1. The molecule has 112 valence electrons. The van der Waals surface area contributed by atoms with Crippen LogP contribution < -0.4 is 5.73 Å². The van der Waals surface area contributed by atoms with Crippen LogP contribution in [-0.2, 0) is 13.0 Å². The Morgan fingerprint density at radius 1 is 1.05 bits per heavy atom. The quantitative estimate of drug-likeness (QED) is 0.913. The summed E-state index contributed by atoms with van der Waals surface area (Å²) in [6, 6.07) is 8.82. The lowest BCUT2D eigenvalue weighted by atomic mass is 9.87. The zero-order valence-electron chi connectivity index (χ0n) is 12.7. The van der Waals surface area contributed by atoms with Crippen LogP contribution in [0, 0.1) is 0 Å². The molecule has 3 heteroatoms. The molecule has 0 unspecified atom stereocenters. The molecule has 1 aromatic carbocycles. The van der Waals surface area contributed by atoms with Crippen molar-refractivity contribution in [3.63, 3.8) is 0 Å². The van der Waals surface area contributed by atoms with Crippen molar-refractivity contribution >= 4 is 0 Å². The smallest absolute Gasteiger partial charge is 0.0951 e. The number of hydrogen-bond acceptors (Lipinski definition) is 2. The molecule has 0 radical (unpaired) electrons. The van der Waals surface area contributed by atoms with Crippen molar-refractivity contribution in [1.82, 2.24) is 9.55 Å². The second kappa shape index (κ2) is 6.90. The normalized spacial score (nSPS) is 16.2. The van der Waals surface area contributed by atoms with E-state index in [4.69, 9.17) is 5.73 Å². The minimum absolute atomic E-state index is 0.706. The Morgan fingerprint density at radius 3 is 2.48 bits per heavy atom. The van der Waals surface area contributed by atoms with Gasteiger partial charge in [-0.25, -0.2) is 4.98 Å². The number of rotatable bonds is 5. The molecule has 2 aromatic rings. The highest BCUT2D eigenvalue weighted by Gasteiger charge is 2.18. The highest BCUT2D eigenvalue weighted by Crippen LogP contribution is 2.32. The van der Waals surface area contributed by atoms with E-state index >= 15 is 0 Å². The van der Waals surface area contributed by atoms with Gasteiger partial charge in [-0.3, -0.25) is 0 Å².